The molecule has 0 fully saturated rings. The molecule has 0 heterocycles. The van der Waals surface area contributed by atoms with Gasteiger partial charge in [-0.2, -0.15) is 24.4 Å². The number of hydrogen-bond acceptors (Lipinski definition) is 9. The quantitative estimate of drug-likeness (QED) is 0.129. The molecule has 0 aliphatic heterocycles. The monoisotopic (exact) mass is 530 g/mol. The van der Waals surface area contributed by atoms with Crippen molar-refractivity contribution >= 4 is 54.1 Å². The van der Waals surface area contributed by atoms with Crippen LogP contribution in [0.5, 0.6) is 5.75 Å². The predicted octanol–water partition coefficient (Wildman–Crippen LogP) is -1.04. The van der Waals surface area contributed by atoms with Crippen molar-refractivity contribution in [1.29, 1.82) is 0 Å². The van der Waals surface area contributed by atoms with Crippen LogP contribution < -0.4 is 21.7 Å². The number of carbonyl (C=O) groups is 5. The standard InChI is InChI=1S/C21H30N4O8S2/c1-35-7-6-14(21(32)33)23-20(31)16(9-17(27)28)25-19(30)15(24-18(29)13(22)10-34)8-11-2-4-12(26)5-3-11/h2-5,13-16,26,34H,6-10,22H2,1H3,(H,23,31)(H,24,29)(H,25,30)(H,27,28)(H,32,33). The predicted molar refractivity (Wildman–Crippen MR) is 132 cm³/mol. The Hall–Kier alpha value is -2.97. The summed E-state index contributed by atoms with van der Waals surface area (Å²) in [6.07, 6.45) is 0.972. The van der Waals surface area contributed by atoms with Crippen LogP contribution in [0.4, 0.5) is 0 Å². The van der Waals surface area contributed by atoms with Gasteiger partial charge in [-0.1, -0.05) is 12.1 Å². The maximum Gasteiger partial charge on any atom is 0.326 e. The van der Waals surface area contributed by atoms with Gasteiger partial charge < -0.3 is 37.0 Å². The fraction of sp³-hybridized carbons (Fsp3) is 0.476. The lowest BCUT2D eigenvalue weighted by atomic mass is 10.0. The molecular formula is C21H30N4O8S2. The van der Waals surface area contributed by atoms with Crippen LogP contribution in [0.2, 0.25) is 0 Å². The highest BCUT2D eigenvalue weighted by atomic mass is 32.2. The van der Waals surface area contributed by atoms with Gasteiger partial charge in [0.1, 0.15) is 23.9 Å². The normalized spacial score (nSPS) is 14.1. The highest BCUT2D eigenvalue weighted by molar-refractivity contribution is 7.98. The maximum absolute atomic E-state index is 13.0. The number of thioether (sulfide) groups is 1. The van der Waals surface area contributed by atoms with E-state index in [-0.39, 0.29) is 24.3 Å². The molecule has 1 rings (SSSR count). The molecule has 1 aromatic rings. The van der Waals surface area contributed by atoms with Crippen LogP contribution in [-0.2, 0) is 30.4 Å². The van der Waals surface area contributed by atoms with E-state index in [1.165, 1.54) is 36.0 Å². The topological polar surface area (TPSA) is 208 Å². The summed E-state index contributed by atoms with van der Waals surface area (Å²) < 4.78 is 0. The van der Waals surface area contributed by atoms with Gasteiger partial charge in [-0.15, -0.1) is 0 Å². The molecule has 4 atom stereocenters. The van der Waals surface area contributed by atoms with E-state index in [4.69, 9.17) is 5.73 Å². The third-order valence-electron chi connectivity index (χ3n) is 4.78. The molecule has 8 N–H and O–H groups in total. The number of rotatable bonds is 15. The van der Waals surface area contributed by atoms with Crippen molar-refractivity contribution in [1.82, 2.24) is 16.0 Å². The van der Waals surface area contributed by atoms with Crippen LogP contribution >= 0.6 is 24.4 Å². The average molecular weight is 531 g/mol. The van der Waals surface area contributed by atoms with Gasteiger partial charge in [0.2, 0.25) is 17.7 Å². The summed E-state index contributed by atoms with van der Waals surface area (Å²) in [5.74, 6) is -4.85. The molecule has 0 spiro atoms. The summed E-state index contributed by atoms with van der Waals surface area (Å²) in [4.78, 5) is 60.8. The number of phenols is 1. The molecule has 4 unspecified atom stereocenters. The second kappa shape index (κ2) is 15.1. The van der Waals surface area contributed by atoms with Gasteiger partial charge in [0.15, 0.2) is 0 Å². The van der Waals surface area contributed by atoms with Crippen molar-refractivity contribution in [3.63, 3.8) is 0 Å². The number of amides is 3. The number of aliphatic carboxylic acids is 2. The lowest BCUT2D eigenvalue weighted by Crippen LogP contribution is -2.58. The van der Waals surface area contributed by atoms with Crippen molar-refractivity contribution in [3.05, 3.63) is 29.8 Å². The number of nitrogens with two attached hydrogens (primary N) is 1. The van der Waals surface area contributed by atoms with Crippen molar-refractivity contribution in [2.75, 3.05) is 17.8 Å². The molecule has 0 radical (unpaired) electrons. The minimum atomic E-state index is -1.60. The van der Waals surface area contributed by atoms with E-state index in [1.807, 2.05) is 0 Å². The van der Waals surface area contributed by atoms with Crippen LogP contribution in [-0.4, -0.2) is 86.9 Å². The van der Waals surface area contributed by atoms with E-state index >= 15 is 0 Å². The summed E-state index contributed by atoms with van der Waals surface area (Å²) in [5.41, 5.74) is 6.21. The van der Waals surface area contributed by atoms with Gasteiger partial charge in [-0.05, 0) is 36.1 Å². The van der Waals surface area contributed by atoms with Crippen LogP contribution in [0.3, 0.4) is 0 Å². The SMILES string of the molecule is CSCCC(NC(=O)C(CC(=O)O)NC(=O)C(Cc1ccc(O)cc1)NC(=O)C(N)CS)C(=O)O. The summed E-state index contributed by atoms with van der Waals surface area (Å²) in [7, 11) is 0. The first-order valence-electron chi connectivity index (χ1n) is 10.5. The lowest BCUT2D eigenvalue weighted by molar-refractivity contribution is -0.143. The largest absolute Gasteiger partial charge is 0.508 e. The molecule has 0 aliphatic rings. The fourth-order valence-electron chi connectivity index (χ4n) is 2.86. The molecule has 1 aromatic carbocycles. The third-order valence-corrected chi connectivity index (χ3v) is 5.82. The highest BCUT2D eigenvalue weighted by Crippen LogP contribution is 2.12. The first-order valence-corrected chi connectivity index (χ1v) is 12.5. The number of carboxylic acid groups (broad SMARTS) is 2. The summed E-state index contributed by atoms with van der Waals surface area (Å²) >= 11 is 5.32. The molecule has 0 bridgehead atoms. The molecule has 3 amide bonds. The molecule has 194 valence electrons. The van der Waals surface area contributed by atoms with Crippen LogP contribution in [0, 0.1) is 0 Å². The van der Waals surface area contributed by atoms with Crippen LogP contribution in [0.25, 0.3) is 0 Å². The van der Waals surface area contributed by atoms with Crippen LogP contribution in [0.1, 0.15) is 18.4 Å². The van der Waals surface area contributed by atoms with Crippen molar-refractivity contribution < 1.29 is 39.3 Å². The lowest BCUT2D eigenvalue weighted by Gasteiger charge is -2.24. The number of hydrogen-bond donors (Lipinski definition) is 8. The van der Waals surface area contributed by atoms with Gasteiger partial charge in [-0.25, -0.2) is 4.79 Å². The molecule has 14 heteroatoms. The molecule has 0 saturated heterocycles. The molecule has 0 aromatic heterocycles. The molecule has 0 saturated carbocycles. The van der Waals surface area contributed by atoms with E-state index in [2.05, 4.69) is 28.6 Å². The van der Waals surface area contributed by atoms with Crippen molar-refractivity contribution in [2.45, 2.75) is 43.4 Å². The molecular weight excluding hydrogens is 500 g/mol. The molecule has 0 aliphatic carbocycles. The summed E-state index contributed by atoms with van der Waals surface area (Å²) in [6.45, 7) is 0. The first-order chi connectivity index (χ1) is 16.5. The van der Waals surface area contributed by atoms with Gasteiger partial charge in [0.25, 0.3) is 0 Å². The Morgan fingerprint density at radius 2 is 1.49 bits per heavy atom. The zero-order valence-electron chi connectivity index (χ0n) is 19.0. The number of thiol groups is 1. The smallest absolute Gasteiger partial charge is 0.326 e. The van der Waals surface area contributed by atoms with E-state index in [9.17, 15) is 39.3 Å². The number of benzene rings is 1. The second-order valence-electron chi connectivity index (χ2n) is 7.56. The van der Waals surface area contributed by atoms with Crippen molar-refractivity contribution in [2.24, 2.45) is 5.73 Å². The Labute approximate surface area is 211 Å². The minimum absolute atomic E-state index is 0.00392. The zero-order chi connectivity index (χ0) is 26.5. The van der Waals surface area contributed by atoms with Gasteiger partial charge >= 0.3 is 11.9 Å². The number of carboxylic acids is 2. The fourth-order valence-corrected chi connectivity index (χ4v) is 3.50. The number of nitrogens with one attached hydrogen (secondary N) is 3. The maximum atomic E-state index is 13.0. The highest BCUT2D eigenvalue weighted by Gasteiger charge is 2.31. The van der Waals surface area contributed by atoms with E-state index in [0.29, 0.717) is 11.3 Å². The van der Waals surface area contributed by atoms with Crippen molar-refractivity contribution in [3.8, 4) is 5.75 Å². The summed E-state index contributed by atoms with van der Waals surface area (Å²) in [5, 5.41) is 35.0. The first kappa shape index (κ1) is 30.1. The zero-order valence-corrected chi connectivity index (χ0v) is 20.7. The van der Waals surface area contributed by atoms with Gasteiger partial charge in [0, 0.05) is 12.2 Å². The Kier molecular flexibility index (Phi) is 13.0. The Balaban J connectivity index is 3.09. The Bertz CT molecular complexity index is 900. The number of carbonyl (C=O) groups excluding carboxylic acids is 3. The van der Waals surface area contributed by atoms with E-state index in [1.54, 1.807) is 6.26 Å². The third kappa shape index (κ3) is 10.9. The Morgan fingerprint density at radius 1 is 0.943 bits per heavy atom. The number of phenolic OH excluding ortho intramolecular Hbond substituents is 1. The van der Waals surface area contributed by atoms with Gasteiger partial charge in [0.05, 0.1) is 12.5 Å². The van der Waals surface area contributed by atoms with Gasteiger partial charge in [-0.3, -0.25) is 19.2 Å². The van der Waals surface area contributed by atoms with E-state index in [0.717, 1.165) is 0 Å². The van der Waals surface area contributed by atoms with E-state index < -0.39 is 60.2 Å². The Morgan fingerprint density at radius 3 is 2.00 bits per heavy atom. The molecule has 35 heavy (non-hydrogen) atoms. The van der Waals surface area contributed by atoms with Crippen LogP contribution in [0.15, 0.2) is 24.3 Å². The molecule has 12 nitrogen and oxygen atoms in total. The average Bonchev–Trinajstić information content (AvgIpc) is 2.80. The summed E-state index contributed by atoms with van der Waals surface area (Å²) in [6, 6.07) is 0.640. The number of aromatic hydroxyl groups is 1. The minimum Gasteiger partial charge on any atom is -0.508 e. The second-order valence-corrected chi connectivity index (χ2v) is 8.91.